The van der Waals surface area contributed by atoms with E-state index in [2.05, 4.69) is 0 Å². The lowest BCUT2D eigenvalue weighted by Crippen LogP contribution is -2.35. The lowest BCUT2D eigenvalue weighted by atomic mass is 10.2. The lowest BCUT2D eigenvalue weighted by molar-refractivity contribution is -0.137. The molecule has 0 radical (unpaired) electrons. The molecule has 0 unspecified atom stereocenters. The molecule has 1 rings (SSSR count). The number of hydrogen-bond donors (Lipinski definition) is 1. The van der Waals surface area contributed by atoms with E-state index in [1.54, 1.807) is 6.92 Å². The van der Waals surface area contributed by atoms with Crippen LogP contribution < -0.4 is 0 Å². The number of nitrogens with zero attached hydrogens (tertiary/aromatic N) is 2. The van der Waals surface area contributed by atoms with Crippen LogP contribution in [-0.2, 0) is 14.8 Å². The summed E-state index contributed by atoms with van der Waals surface area (Å²) in [5.41, 5.74) is 0.0403. The van der Waals surface area contributed by atoms with Gasteiger partial charge in [0.05, 0.1) is 5.56 Å². The zero-order chi connectivity index (χ0) is 16.4. The smallest absolute Gasteiger partial charge is 0.323 e. The highest BCUT2D eigenvalue weighted by Crippen LogP contribution is 2.22. The van der Waals surface area contributed by atoms with Crippen molar-refractivity contribution in [3.05, 3.63) is 17.4 Å². The van der Waals surface area contributed by atoms with Gasteiger partial charge in [0.25, 0.3) is 15.9 Å². The number of carboxylic acids is 1. The van der Waals surface area contributed by atoms with E-state index in [1.807, 2.05) is 0 Å². The molecule has 8 nitrogen and oxygen atoms in total. The van der Waals surface area contributed by atoms with Crippen LogP contribution in [0.2, 0.25) is 0 Å². The molecule has 1 N–H and O–H groups in total. The van der Waals surface area contributed by atoms with Gasteiger partial charge in [-0.05, 0) is 13.8 Å². The second-order valence-corrected chi connectivity index (χ2v) is 6.62. The molecule has 0 aliphatic heterocycles. The Morgan fingerprint density at radius 2 is 1.90 bits per heavy atom. The Morgan fingerprint density at radius 1 is 1.33 bits per heavy atom. The van der Waals surface area contributed by atoms with Crippen LogP contribution >= 0.6 is 0 Å². The maximum absolute atomic E-state index is 12.2. The molecule has 118 valence electrons. The quantitative estimate of drug-likeness (QED) is 0.812. The molecule has 0 saturated carbocycles. The molecular formula is C12H18N2O6S. The molecule has 0 spiro atoms. The van der Waals surface area contributed by atoms with Crippen LogP contribution in [0.15, 0.2) is 15.6 Å². The summed E-state index contributed by atoms with van der Waals surface area (Å²) in [4.78, 5) is 24.0. The largest absolute Gasteiger partial charge is 0.480 e. The van der Waals surface area contributed by atoms with Crippen LogP contribution in [0.4, 0.5) is 0 Å². The molecule has 0 aromatic carbocycles. The van der Waals surface area contributed by atoms with E-state index in [4.69, 9.17) is 9.52 Å². The Bertz CT molecular complexity index is 647. The van der Waals surface area contributed by atoms with Gasteiger partial charge in [-0.25, -0.2) is 12.7 Å². The zero-order valence-corrected chi connectivity index (χ0v) is 13.1. The van der Waals surface area contributed by atoms with Crippen LogP contribution in [0, 0.1) is 6.92 Å². The minimum absolute atomic E-state index is 0.0403. The van der Waals surface area contributed by atoms with Crippen molar-refractivity contribution in [2.75, 3.05) is 27.2 Å². The van der Waals surface area contributed by atoms with Crippen molar-refractivity contribution in [1.82, 2.24) is 9.21 Å². The predicted octanol–water partition coefficient (Wildman–Crippen LogP) is 0.385. The number of carbonyl (C=O) groups is 2. The minimum Gasteiger partial charge on any atom is -0.480 e. The molecule has 0 fully saturated rings. The highest BCUT2D eigenvalue weighted by molar-refractivity contribution is 7.88. The molecule has 21 heavy (non-hydrogen) atoms. The summed E-state index contributed by atoms with van der Waals surface area (Å²) in [5, 5.41) is 8.42. The monoisotopic (exact) mass is 318 g/mol. The first-order valence-corrected chi connectivity index (χ1v) is 7.59. The molecule has 1 aromatic heterocycles. The van der Waals surface area contributed by atoms with E-state index in [-0.39, 0.29) is 23.0 Å². The molecule has 0 aliphatic rings. The first-order chi connectivity index (χ1) is 9.61. The summed E-state index contributed by atoms with van der Waals surface area (Å²) in [6.07, 6.45) is 0. The molecule has 1 amide bonds. The average Bonchev–Trinajstić information content (AvgIpc) is 2.77. The number of rotatable bonds is 6. The van der Waals surface area contributed by atoms with Crippen molar-refractivity contribution >= 4 is 21.9 Å². The van der Waals surface area contributed by atoms with E-state index in [1.165, 1.54) is 21.0 Å². The first-order valence-electron chi connectivity index (χ1n) is 6.15. The second-order valence-electron chi connectivity index (χ2n) is 4.54. The van der Waals surface area contributed by atoms with Gasteiger partial charge in [0.1, 0.15) is 12.3 Å². The van der Waals surface area contributed by atoms with Crippen molar-refractivity contribution < 1.29 is 27.5 Å². The molecule has 0 bridgehead atoms. The molecular weight excluding hydrogens is 300 g/mol. The van der Waals surface area contributed by atoms with Gasteiger partial charge in [-0.3, -0.25) is 9.59 Å². The Labute approximate surface area is 123 Å². The number of likely N-dealkylation sites (N-methyl/N-ethyl adjacent to an activating group) is 1. The first kappa shape index (κ1) is 17.2. The summed E-state index contributed by atoms with van der Waals surface area (Å²) >= 11 is 0. The fraction of sp³-hybridized carbons (Fsp3) is 0.500. The summed E-state index contributed by atoms with van der Waals surface area (Å²) in [5.74, 6) is -1.60. The van der Waals surface area contributed by atoms with Gasteiger partial charge in [0.15, 0.2) is 0 Å². The van der Waals surface area contributed by atoms with Gasteiger partial charge in [0.2, 0.25) is 5.09 Å². The second kappa shape index (κ2) is 6.27. The zero-order valence-electron chi connectivity index (χ0n) is 12.3. The topological polar surface area (TPSA) is 108 Å². The number of carboxylic acid groups (broad SMARTS) is 1. The summed E-state index contributed by atoms with van der Waals surface area (Å²) in [6.45, 7) is 2.81. The van der Waals surface area contributed by atoms with Crippen LogP contribution in [0.5, 0.6) is 0 Å². The van der Waals surface area contributed by atoms with E-state index in [0.717, 1.165) is 15.3 Å². The fourth-order valence-electron chi connectivity index (χ4n) is 1.64. The predicted molar refractivity (Wildman–Crippen MR) is 73.5 cm³/mol. The number of hydrogen-bond acceptors (Lipinski definition) is 5. The highest BCUT2D eigenvalue weighted by atomic mass is 32.2. The third-order valence-electron chi connectivity index (χ3n) is 2.86. The number of sulfonamides is 1. The fourth-order valence-corrected chi connectivity index (χ4v) is 2.49. The van der Waals surface area contributed by atoms with Gasteiger partial charge in [-0.15, -0.1) is 0 Å². The van der Waals surface area contributed by atoms with Crippen LogP contribution in [-0.4, -0.2) is 61.8 Å². The van der Waals surface area contributed by atoms with Crippen LogP contribution in [0.3, 0.4) is 0 Å². The van der Waals surface area contributed by atoms with E-state index in [9.17, 15) is 18.0 Å². The third kappa shape index (κ3) is 3.61. The maximum atomic E-state index is 12.2. The minimum atomic E-state index is -3.79. The lowest BCUT2D eigenvalue weighted by Gasteiger charge is -2.17. The van der Waals surface area contributed by atoms with E-state index >= 15 is 0 Å². The van der Waals surface area contributed by atoms with Gasteiger partial charge in [0, 0.05) is 26.7 Å². The van der Waals surface area contributed by atoms with Gasteiger partial charge in [-0.1, -0.05) is 0 Å². The third-order valence-corrected chi connectivity index (χ3v) is 4.53. The Kier molecular flexibility index (Phi) is 5.13. The van der Waals surface area contributed by atoms with Gasteiger partial charge in [-0.2, -0.15) is 0 Å². The SMILES string of the molecule is CCN(CC(=O)O)C(=O)c1cc(S(=O)(=O)N(C)C)oc1C. The van der Waals surface area contributed by atoms with Gasteiger partial charge >= 0.3 is 5.97 Å². The molecule has 9 heteroatoms. The van der Waals surface area contributed by atoms with Crippen LogP contribution in [0.25, 0.3) is 0 Å². The number of furan rings is 1. The molecule has 0 aliphatic carbocycles. The number of carbonyl (C=O) groups excluding carboxylic acids is 1. The Morgan fingerprint density at radius 3 is 2.33 bits per heavy atom. The molecule has 0 atom stereocenters. The number of aliphatic carboxylic acids is 1. The van der Waals surface area contributed by atoms with Crippen molar-refractivity contribution in [3.63, 3.8) is 0 Å². The standard InChI is InChI=1S/C12H18N2O6S/c1-5-14(7-10(15)16)12(17)9-6-11(20-8(9)2)21(18,19)13(3)4/h6H,5,7H2,1-4H3,(H,15,16). The van der Waals surface area contributed by atoms with Crippen LogP contribution in [0.1, 0.15) is 23.0 Å². The average molecular weight is 318 g/mol. The number of amides is 1. The van der Waals surface area contributed by atoms with Crippen molar-refractivity contribution in [2.45, 2.75) is 18.9 Å². The summed E-state index contributed by atoms with van der Waals surface area (Å²) < 4.78 is 30.0. The van der Waals surface area contributed by atoms with Crippen molar-refractivity contribution in [1.29, 1.82) is 0 Å². The molecule has 0 saturated heterocycles. The molecule has 1 heterocycles. The normalized spacial score (nSPS) is 11.7. The Balaban J connectivity index is 3.18. The summed E-state index contributed by atoms with van der Waals surface area (Å²) in [6, 6.07) is 1.12. The Hall–Kier alpha value is -1.87. The summed E-state index contributed by atoms with van der Waals surface area (Å²) in [7, 11) is -1.10. The molecule has 1 aromatic rings. The van der Waals surface area contributed by atoms with E-state index < -0.39 is 28.4 Å². The number of aryl methyl sites for hydroxylation is 1. The maximum Gasteiger partial charge on any atom is 0.323 e. The highest BCUT2D eigenvalue weighted by Gasteiger charge is 2.27. The van der Waals surface area contributed by atoms with Gasteiger partial charge < -0.3 is 14.4 Å². The van der Waals surface area contributed by atoms with E-state index in [0.29, 0.717) is 0 Å². The van der Waals surface area contributed by atoms with Crippen molar-refractivity contribution in [2.24, 2.45) is 0 Å². The van der Waals surface area contributed by atoms with Crippen molar-refractivity contribution in [3.8, 4) is 0 Å².